The van der Waals surface area contributed by atoms with Crippen molar-refractivity contribution in [3.63, 3.8) is 0 Å². The topological polar surface area (TPSA) is 74.8 Å². The Morgan fingerprint density at radius 1 is 1.23 bits per heavy atom. The normalized spacial score (nSPS) is 15.4. The molecule has 1 aliphatic heterocycles. The van der Waals surface area contributed by atoms with Crippen LogP contribution in [0.1, 0.15) is 29.7 Å². The fourth-order valence-corrected chi connectivity index (χ4v) is 3.45. The Bertz CT molecular complexity index is 939. The number of aromatic nitrogens is 4. The second kappa shape index (κ2) is 7.17. The Balaban J connectivity index is 1.53. The molecule has 0 amide bonds. The van der Waals surface area contributed by atoms with Crippen LogP contribution in [0.4, 0.5) is 0 Å². The predicted molar refractivity (Wildman–Crippen MR) is 99.7 cm³/mol. The number of nitrogens with zero attached hydrogens (tertiary/aromatic N) is 4. The molecule has 132 valence electrons. The molecular weight excluding hydrogens is 326 g/mol. The summed E-state index contributed by atoms with van der Waals surface area (Å²) >= 11 is 0. The molecule has 26 heavy (non-hydrogen) atoms. The van der Waals surface area contributed by atoms with Gasteiger partial charge in [-0.2, -0.15) is 0 Å². The Kier molecular flexibility index (Phi) is 4.58. The van der Waals surface area contributed by atoms with Gasteiger partial charge in [0.05, 0.1) is 17.5 Å². The van der Waals surface area contributed by atoms with Crippen molar-refractivity contribution in [3.05, 3.63) is 76.1 Å². The fourth-order valence-electron chi connectivity index (χ4n) is 3.45. The molecule has 6 heteroatoms. The van der Waals surface area contributed by atoms with Crippen LogP contribution in [0.2, 0.25) is 0 Å². The smallest absolute Gasteiger partial charge is 0.255 e. The zero-order valence-electron chi connectivity index (χ0n) is 14.7. The number of H-pyrrole nitrogens is 1. The van der Waals surface area contributed by atoms with E-state index in [0.29, 0.717) is 24.0 Å². The van der Waals surface area contributed by atoms with E-state index in [0.717, 1.165) is 30.8 Å². The second-order valence-corrected chi connectivity index (χ2v) is 6.73. The summed E-state index contributed by atoms with van der Waals surface area (Å²) in [5.41, 5.74) is 3.48. The molecule has 0 saturated heterocycles. The first-order valence-electron chi connectivity index (χ1n) is 8.86. The highest BCUT2D eigenvalue weighted by Gasteiger charge is 2.23. The average molecular weight is 347 g/mol. The summed E-state index contributed by atoms with van der Waals surface area (Å²) in [7, 11) is 0. The van der Waals surface area contributed by atoms with E-state index in [-0.39, 0.29) is 5.56 Å². The Hall–Kier alpha value is -2.86. The molecule has 1 aliphatic rings. The average Bonchev–Trinajstić information content (AvgIpc) is 2.69. The first-order valence-corrected chi connectivity index (χ1v) is 8.86. The van der Waals surface area contributed by atoms with Crippen molar-refractivity contribution in [1.29, 1.82) is 0 Å². The Morgan fingerprint density at radius 2 is 2.08 bits per heavy atom. The van der Waals surface area contributed by atoms with Gasteiger partial charge in [-0.25, -0.2) is 9.97 Å². The van der Waals surface area contributed by atoms with Gasteiger partial charge in [-0.05, 0) is 11.5 Å². The van der Waals surface area contributed by atoms with E-state index in [2.05, 4.69) is 56.0 Å². The standard InChI is InChI=1S/C20H21N5O/c1-14(15-5-3-2-4-6-15)12-25-10-7-17-16(13-25)20(26)24-19(23-17)18-11-21-8-9-22-18/h2-6,8-9,11,14H,7,10,12-13H2,1H3,(H,23,24,26). The SMILES string of the molecule is CC(CN1CCc2nc(-c3cnccn3)[nH]c(=O)c2C1)c1ccccc1. The van der Waals surface area contributed by atoms with Crippen molar-refractivity contribution in [3.8, 4) is 11.5 Å². The molecule has 3 heterocycles. The number of rotatable bonds is 4. The van der Waals surface area contributed by atoms with Gasteiger partial charge in [0.25, 0.3) is 5.56 Å². The zero-order chi connectivity index (χ0) is 17.9. The van der Waals surface area contributed by atoms with Crippen LogP contribution in [0.3, 0.4) is 0 Å². The minimum Gasteiger partial charge on any atom is -0.305 e. The van der Waals surface area contributed by atoms with Crippen LogP contribution in [0, 0.1) is 0 Å². The highest BCUT2D eigenvalue weighted by Crippen LogP contribution is 2.21. The molecule has 0 fully saturated rings. The van der Waals surface area contributed by atoms with Crippen LogP contribution in [0.5, 0.6) is 0 Å². The van der Waals surface area contributed by atoms with Crippen LogP contribution in [0.15, 0.2) is 53.7 Å². The highest BCUT2D eigenvalue weighted by molar-refractivity contribution is 5.47. The number of fused-ring (bicyclic) bond motifs is 1. The third kappa shape index (κ3) is 3.41. The summed E-state index contributed by atoms with van der Waals surface area (Å²) in [4.78, 5) is 30.7. The molecule has 0 spiro atoms. The van der Waals surface area contributed by atoms with E-state index < -0.39 is 0 Å². The minimum absolute atomic E-state index is 0.0762. The summed E-state index contributed by atoms with van der Waals surface area (Å²) < 4.78 is 0. The lowest BCUT2D eigenvalue weighted by molar-refractivity contribution is 0.238. The first kappa shape index (κ1) is 16.6. The molecule has 1 unspecified atom stereocenters. The van der Waals surface area contributed by atoms with Crippen LogP contribution >= 0.6 is 0 Å². The maximum absolute atomic E-state index is 12.6. The molecule has 0 radical (unpaired) electrons. The molecule has 3 aromatic rings. The molecule has 4 rings (SSSR count). The van der Waals surface area contributed by atoms with Crippen molar-refractivity contribution in [2.45, 2.75) is 25.8 Å². The van der Waals surface area contributed by atoms with Gasteiger partial charge in [0.1, 0.15) is 5.69 Å². The van der Waals surface area contributed by atoms with Crippen LogP contribution < -0.4 is 5.56 Å². The molecule has 0 saturated carbocycles. The van der Waals surface area contributed by atoms with E-state index in [9.17, 15) is 4.79 Å². The highest BCUT2D eigenvalue weighted by atomic mass is 16.1. The van der Waals surface area contributed by atoms with E-state index in [4.69, 9.17) is 0 Å². The molecule has 6 nitrogen and oxygen atoms in total. The summed E-state index contributed by atoms with van der Waals surface area (Å²) in [6, 6.07) is 10.5. The summed E-state index contributed by atoms with van der Waals surface area (Å²) in [6.07, 6.45) is 5.59. The van der Waals surface area contributed by atoms with Gasteiger partial charge in [-0.1, -0.05) is 37.3 Å². The largest absolute Gasteiger partial charge is 0.305 e. The lowest BCUT2D eigenvalue weighted by atomic mass is 9.99. The zero-order valence-corrected chi connectivity index (χ0v) is 14.7. The van der Waals surface area contributed by atoms with Gasteiger partial charge in [0.2, 0.25) is 0 Å². The molecule has 2 aromatic heterocycles. The van der Waals surface area contributed by atoms with Crippen LogP contribution in [0.25, 0.3) is 11.5 Å². The van der Waals surface area contributed by atoms with Gasteiger partial charge in [0.15, 0.2) is 5.82 Å². The molecule has 0 aliphatic carbocycles. The van der Waals surface area contributed by atoms with Crippen LogP contribution in [-0.4, -0.2) is 37.9 Å². The van der Waals surface area contributed by atoms with Crippen molar-refractivity contribution in [2.75, 3.05) is 13.1 Å². The monoisotopic (exact) mass is 347 g/mol. The number of benzene rings is 1. The van der Waals surface area contributed by atoms with Gasteiger partial charge in [-0.15, -0.1) is 0 Å². The van der Waals surface area contributed by atoms with Gasteiger partial charge >= 0.3 is 0 Å². The van der Waals surface area contributed by atoms with E-state index in [1.54, 1.807) is 18.6 Å². The maximum Gasteiger partial charge on any atom is 0.255 e. The maximum atomic E-state index is 12.6. The lowest BCUT2D eigenvalue weighted by Crippen LogP contribution is -2.37. The third-order valence-corrected chi connectivity index (χ3v) is 4.85. The number of nitrogens with one attached hydrogen (secondary N) is 1. The van der Waals surface area contributed by atoms with Crippen molar-refractivity contribution >= 4 is 0 Å². The minimum atomic E-state index is -0.0762. The Labute approximate surface area is 152 Å². The summed E-state index contributed by atoms with van der Waals surface area (Å²) in [5.74, 6) is 0.914. The van der Waals surface area contributed by atoms with Crippen molar-refractivity contribution in [2.24, 2.45) is 0 Å². The third-order valence-electron chi connectivity index (χ3n) is 4.85. The second-order valence-electron chi connectivity index (χ2n) is 6.73. The lowest BCUT2D eigenvalue weighted by Gasteiger charge is -2.30. The van der Waals surface area contributed by atoms with E-state index in [1.165, 1.54) is 5.56 Å². The first-order chi connectivity index (χ1) is 12.7. The predicted octanol–water partition coefficient (Wildman–Crippen LogP) is 2.39. The van der Waals surface area contributed by atoms with Gasteiger partial charge < -0.3 is 4.98 Å². The van der Waals surface area contributed by atoms with Crippen LogP contribution in [-0.2, 0) is 13.0 Å². The molecule has 1 atom stereocenters. The number of hydrogen-bond donors (Lipinski definition) is 1. The summed E-state index contributed by atoms with van der Waals surface area (Å²) in [6.45, 7) is 4.69. The van der Waals surface area contributed by atoms with E-state index >= 15 is 0 Å². The number of hydrogen-bond acceptors (Lipinski definition) is 5. The molecular formula is C20H21N5O. The quantitative estimate of drug-likeness (QED) is 0.784. The van der Waals surface area contributed by atoms with Crippen molar-refractivity contribution in [1.82, 2.24) is 24.8 Å². The molecule has 1 N–H and O–H groups in total. The van der Waals surface area contributed by atoms with E-state index in [1.807, 2.05) is 6.07 Å². The molecule has 0 bridgehead atoms. The Morgan fingerprint density at radius 3 is 2.85 bits per heavy atom. The number of aromatic amines is 1. The fraction of sp³-hybridized carbons (Fsp3) is 0.300. The van der Waals surface area contributed by atoms with Crippen molar-refractivity contribution < 1.29 is 0 Å². The van der Waals surface area contributed by atoms with Gasteiger partial charge in [-0.3, -0.25) is 14.7 Å². The summed E-state index contributed by atoms with van der Waals surface area (Å²) in [5, 5.41) is 0. The molecule has 1 aromatic carbocycles. The van der Waals surface area contributed by atoms with Gasteiger partial charge in [0, 0.05) is 38.4 Å².